The molecule has 116 valence electrons. The molecule has 2 heterocycles. The molecule has 2 N–H and O–H groups in total. The maximum atomic E-state index is 12.2. The lowest BCUT2D eigenvalue weighted by Gasteiger charge is -2.34. The van der Waals surface area contributed by atoms with Crippen LogP contribution in [0.4, 0.5) is 0 Å². The normalized spacial score (nSPS) is 16.1. The van der Waals surface area contributed by atoms with Crippen molar-refractivity contribution in [3.8, 4) is 5.75 Å². The Morgan fingerprint density at radius 3 is 2.59 bits per heavy atom. The van der Waals surface area contributed by atoms with Crippen LogP contribution in [0.15, 0.2) is 29.1 Å². The van der Waals surface area contributed by atoms with Crippen LogP contribution >= 0.6 is 0 Å². The number of nitrogens with one attached hydrogen (secondary N) is 1. The van der Waals surface area contributed by atoms with Crippen LogP contribution < -0.4 is 5.56 Å². The van der Waals surface area contributed by atoms with Gasteiger partial charge in [-0.15, -0.1) is 0 Å². The highest BCUT2D eigenvalue weighted by Crippen LogP contribution is 2.25. The number of hydrogen-bond acceptors (Lipinski definition) is 4. The summed E-state index contributed by atoms with van der Waals surface area (Å²) in [6, 6.07) is 7.21. The van der Waals surface area contributed by atoms with Gasteiger partial charge in [0.25, 0.3) is 5.56 Å². The van der Waals surface area contributed by atoms with Gasteiger partial charge >= 0.3 is 0 Å². The minimum atomic E-state index is -0.259. The Morgan fingerprint density at radius 1 is 1.23 bits per heavy atom. The van der Waals surface area contributed by atoms with Crippen molar-refractivity contribution in [3.05, 3.63) is 40.2 Å². The lowest BCUT2D eigenvalue weighted by atomic mass is 10.1. The van der Waals surface area contributed by atoms with Gasteiger partial charge in [0.1, 0.15) is 5.75 Å². The van der Waals surface area contributed by atoms with Crippen molar-refractivity contribution in [2.75, 3.05) is 26.2 Å². The molecule has 0 saturated carbocycles. The minimum absolute atomic E-state index is 0.0494. The standard InChI is InChI=1S/C16H19N3O3/c1-11(20)19-8-6-18(7-9-19)10-13-15(21)12-4-2-3-5-14(12)17-16(13)22/h2-5H,6-10H2,1H3,(H2,17,21,22). The average molecular weight is 301 g/mol. The zero-order valence-electron chi connectivity index (χ0n) is 12.5. The van der Waals surface area contributed by atoms with E-state index < -0.39 is 0 Å². The van der Waals surface area contributed by atoms with E-state index in [1.807, 2.05) is 12.1 Å². The van der Waals surface area contributed by atoms with Gasteiger partial charge in [-0.2, -0.15) is 0 Å². The molecule has 0 aliphatic carbocycles. The van der Waals surface area contributed by atoms with E-state index in [-0.39, 0.29) is 17.2 Å². The molecule has 1 saturated heterocycles. The summed E-state index contributed by atoms with van der Waals surface area (Å²) in [4.78, 5) is 30.2. The number of pyridine rings is 1. The number of fused-ring (bicyclic) bond motifs is 1. The zero-order valence-corrected chi connectivity index (χ0v) is 12.5. The van der Waals surface area contributed by atoms with Crippen molar-refractivity contribution >= 4 is 16.8 Å². The first-order valence-corrected chi connectivity index (χ1v) is 7.37. The Morgan fingerprint density at radius 2 is 1.91 bits per heavy atom. The largest absolute Gasteiger partial charge is 0.507 e. The number of para-hydroxylation sites is 1. The van der Waals surface area contributed by atoms with Gasteiger partial charge in [-0.3, -0.25) is 14.5 Å². The van der Waals surface area contributed by atoms with Gasteiger partial charge < -0.3 is 15.0 Å². The Bertz CT molecular complexity index is 761. The van der Waals surface area contributed by atoms with Crippen LogP contribution in [0.1, 0.15) is 12.5 Å². The van der Waals surface area contributed by atoms with E-state index in [0.29, 0.717) is 49.2 Å². The molecule has 1 aliphatic rings. The summed E-state index contributed by atoms with van der Waals surface area (Å²) in [6.07, 6.45) is 0. The molecule has 0 bridgehead atoms. The number of aromatic hydroxyl groups is 1. The molecule has 1 amide bonds. The molecule has 0 radical (unpaired) electrons. The number of carbonyl (C=O) groups is 1. The second-order valence-corrected chi connectivity index (χ2v) is 5.61. The number of nitrogens with zero attached hydrogens (tertiary/aromatic N) is 2. The molecular weight excluding hydrogens is 282 g/mol. The molecule has 22 heavy (non-hydrogen) atoms. The molecule has 6 heteroatoms. The van der Waals surface area contributed by atoms with Gasteiger partial charge in [-0.1, -0.05) is 12.1 Å². The van der Waals surface area contributed by atoms with E-state index in [0.717, 1.165) is 0 Å². The van der Waals surface area contributed by atoms with E-state index in [1.165, 1.54) is 0 Å². The summed E-state index contributed by atoms with van der Waals surface area (Å²) >= 11 is 0. The summed E-state index contributed by atoms with van der Waals surface area (Å²) in [5.41, 5.74) is 0.760. The third-order valence-corrected chi connectivity index (χ3v) is 4.19. The smallest absolute Gasteiger partial charge is 0.256 e. The van der Waals surface area contributed by atoms with Crippen molar-refractivity contribution in [2.24, 2.45) is 0 Å². The highest BCUT2D eigenvalue weighted by Gasteiger charge is 2.21. The molecular formula is C16H19N3O3. The number of benzene rings is 1. The number of amides is 1. The topological polar surface area (TPSA) is 76.6 Å². The predicted octanol–water partition coefficient (Wildman–Crippen LogP) is 0.898. The van der Waals surface area contributed by atoms with Crippen molar-refractivity contribution in [2.45, 2.75) is 13.5 Å². The fourth-order valence-electron chi connectivity index (χ4n) is 2.86. The maximum absolute atomic E-state index is 12.2. The fourth-order valence-corrected chi connectivity index (χ4v) is 2.86. The molecule has 2 aromatic rings. The van der Waals surface area contributed by atoms with Gasteiger partial charge in [-0.25, -0.2) is 0 Å². The van der Waals surface area contributed by atoms with Gasteiger partial charge in [0.05, 0.1) is 11.1 Å². The van der Waals surface area contributed by atoms with E-state index in [2.05, 4.69) is 9.88 Å². The molecule has 0 unspecified atom stereocenters. The molecule has 0 atom stereocenters. The Balaban J connectivity index is 1.83. The van der Waals surface area contributed by atoms with E-state index in [4.69, 9.17) is 0 Å². The third-order valence-electron chi connectivity index (χ3n) is 4.19. The number of hydrogen-bond donors (Lipinski definition) is 2. The maximum Gasteiger partial charge on any atom is 0.256 e. The van der Waals surface area contributed by atoms with Crippen LogP contribution in [0.25, 0.3) is 10.9 Å². The van der Waals surface area contributed by atoms with E-state index in [1.54, 1.807) is 24.0 Å². The van der Waals surface area contributed by atoms with Crippen LogP contribution in [0.5, 0.6) is 5.75 Å². The zero-order chi connectivity index (χ0) is 15.7. The second-order valence-electron chi connectivity index (χ2n) is 5.61. The number of H-pyrrole nitrogens is 1. The molecule has 6 nitrogen and oxygen atoms in total. The van der Waals surface area contributed by atoms with Crippen molar-refractivity contribution in [3.63, 3.8) is 0 Å². The summed E-state index contributed by atoms with van der Waals surface area (Å²) in [5.74, 6) is 0.124. The lowest BCUT2D eigenvalue weighted by Crippen LogP contribution is -2.48. The Kier molecular flexibility index (Phi) is 3.85. The van der Waals surface area contributed by atoms with E-state index in [9.17, 15) is 14.7 Å². The van der Waals surface area contributed by atoms with Gasteiger partial charge in [0.2, 0.25) is 5.91 Å². The molecule has 1 fully saturated rings. The lowest BCUT2D eigenvalue weighted by molar-refractivity contribution is -0.130. The van der Waals surface area contributed by atoms with Gasteiger partial charge in [-0.05, 0) is 12.1 Å². The first-order valence-electron chi connectivity index (χ1n) is 7.37. The quantitative estimate of drug-likeness (QED) is 0.864. The Hall–Kier alpha value is -2.34. The van der Waals surface area contributed by atoms with Crippen LogP contribution in [0.2, 0.25) is 0 Å². The van der Waals surface area contributed by atoms with Crippen LogP contribution in [-0.2, 0) is 11.3 Å². The Labute approximate surface area is 128 Å². The first-order chi connectivity index (χ1) is 10.6. The van der Waals surface area contributed by atoms with Crippen LogP contribution in [-0.4, -0.2) is 52.0 Å². The molecule has 0 spiro atoms. The number of rotatable bonds is 2. The van der Waals surface area contributed by atoms with Crippen LogP contribution in [0.3, 0.4) is 0 Å². The predicted molar refractivity (Wildman–Crippen MR) is 83.8 cm³/mol. The summed E-state index contributed by atoms with van der Waals surface area (Å²) in [7, 11) is 0. The molecule has 1 aromatic heterocycles. The van der Waals surface area contributed by atoms with Crippen molar-refractivity contribution in [1.29, 1.82) is 0 Å². The number of aromatic nitrogens is 1. The molecule has 1 aliphatic heterocycles. The highest BCUT2D eigenvalue weighted by molar-refractivity contribution is 5.85. The SMILES string of the molecule is CC(=O)N1CCN(Cc2c(O)c3ccccc3[nH]c2=O)CC1. The molecule has 3 rings (SSSR count). The average Bonchev–Trinajstić information content (AvgIpc) is 2.52. The van der Waals surface area contributed by atoms with Crippen molar-refractivity contribution in [1.82, 2.24) is 14.8 Å². The second kappa shape index (κ2) is 5.81. The summed E-state index contributed by atoms with van der Waals surface area (Å²) in [6.45, 7) is 4.66. The first kappa shape index (κ1) is 14.6. The van der Waals surface area contributed by atoms with Gasteiger partial charge in [0.15, 0.2) is 0 Å². The number of piperazine rings is 1. The highest BCUT2D eigenvalue weighted by atomic mass is 16.3. The monoisotopic (exact) mass is 301 g/mol. The van der Waals surface area contributed by atoms with Crippen LogP contribution in [0, 0.1) is 0 Å². The molecule has 1 aromatic carbocycles. The summed E-state index contributed by atoms with van der Waals surface area (Å²) in [5, 5.41) is 11.0. The number of carbonyl (C=O) groups excluding carboxylic acids is 1. The third kappa shape index (κ3) is 2.69. The van der Waals surface area contributed by atoms with Gasteiger partial charge in [0, 0.05) is 45.0 Å². The summed E-state index contributed by atoms with van der Waals surface area (Å²) < 4.78 is 0. The fraction of sp³-hybridized carbons (Fsp3) is 0.375. The minimum Gasteiger partial charge on any atom is -0.507 e. The number of aromatic amines is 1. The van der Waals surface area contributed by atoms with Crippen molar-refractivity contribution < 1.29 is 9.90 Å². The van der Waals surface area contributed by atoms with E-state index >= 15 is 0 Å².